The molecule has 1 atom stereocenters. The molecule has 0 amide bonds. The second-order valence-electron chi connectivity index (χ2n) is 5.29. The Kier molecular flexibility index (Phi) is 5.49. The van der Waals surface area contributed by atoms with Crippen molar-refractivity contribution in [3.05, 3.63) is 35.4 Å². The van der Waals surface area contributed by atoms with Crippen molar-refractivity contribution in [2.45, 2.75) is 44.4 Å². The summed E-state index contributed by atoms with van der Waals surface area (Å²) in [5.41, 5.74) is 0.386. The molecule has 1 nitrogen and oxygen atoms in total. The predicted octanol–water partition coefficient (Wildman–Crippen LogP) is 4.84. The van der Waals surface area contributed by atoms with E-state index in [0.29, 0.717) is 6.04 Å². The molecule has 5 heteroatoms. The molecule has 20 heavy (non-hydrogen) atoms. The molecule has 0 aromatic heterocycles. The van der Waals surface area contributed by atoms with E-state index in [1.165, 1.54) is 31.4 Å². The van der Waals surface area contributed by atoms with Crippen molar-refractivity contribution in [2.75, 3.05) is 11.9 Å². The van der Waals surface area contributed by atoms with E-state index in [1.807, 2.05) is 0 Å². The highest BCUT2D eigenvalue weighted by atomic mass is 79.9. The van der Waals surface area contributed by atoms with Crippen molar-refractivity contribution in [3.8, 4) is 0 Å². The van der Waals surface area contributed by atoms with Crippen LogP contribution in [0.25, 0.3) is 0 Å². The van der Waals surface area contributed by atoms with Gasteiger partial charge in [-0.25, -0.2) is 0 Å². The van der Waals surface area contributed by atoms with E-state index in [4.69, 9.17) is 0 Å². The summed E-state index contributed by atoms with van der Waals surface area (Å²) in [6.45, 7) is 1.79. The zero-order valence-electron chi connectivity index (χ0n) is 11.3. The van der Waals surface area contributed by atoms with E-state index in [1.54, 1.807) is 12.1 Å². The van der Waals surface area contributed by atoms with E-state index in [0.717, 1.165) is 30.4 Å². The second-order valence-corrected chi connectivity index (χ2v) is 6.09. The minimum atomic E-state index is -4.25. The van der Waals surface area contributed by atoms with Gasteiger partial charge in [0, 0.05) is 17.9 Å². The number of likely N-dealkylation sites (tertiary alicyclic amines) is 1. The largest absolute Gasteiger partial charge is 0.416 e. The lowest BCUT2D eigenvalue weighted by Gasteiger charge is -2.35. The fraction of sp³-hybridized carbons (Fsp3) is 0.600. The average Bonchev–Trinajstić information content (AvgIpc) is 2.41. The molecule has 2 rings (SSSR count). The molecular formula is C15H19BrF3N. The van der Waals surface area contributed by atoms with Gasteiger partial charge in [0.1, 0.15) is 0 Å². The first-order valence-corrected chi connectivity index (χ1v) is 8.09. The molecule has 1 aromatic carbocycles. The molecule has 0 bridgehead atoms. The van der Waals surface area contributed by atoms with Gasteiger partial charge in [0.2, 0.25) is 0 Å². The summed E-state index contributed by atoms with van der Waals surface area (Å²) in [6.07, 6.45) is 0.468. The van der Waals surface area contributed by atoms with Crippen LogP contribution in [-0.2, 0) is 12.7 Å². The van der Waals surface area contributed by atoms with E-state index >= 15 is 0 Å². The molecule has 0 saturated carbocycles. The molecule has 1 fully saturated rings. The molecule has 112 valence electrons. The minimum absolute atomic E-state index is 0.547. The van der Waals surface area contributed by atoms with Gasteiger partial charge >= 0.3 is 6.18 Å². The quantitative estimate of drug-likeness (QED) is 0.702. The maximum absolute atomic E-state index is 12.5. The van der Waals surface area contributed by atoms with Crippen LogP contribution in [0.5, 0.6) is 0 Å². The number of benzene rings is 1. The summed E-state index contributed by atoms with van der Waals surface area (Å²) < 4.78 is 37.6. The summed E-state index contributed by atoms with van der Waals surface area (Å²) in [5.74, 6) is 0. The maximum Gasteiger partial charge on any atom is 0.416 e. The summed E-state index contributed by atoms with van der Waals surface area (Å²) in [5, 5.41) is 0.973. The Morgan fingerprint density at radius 3 is 2.45 bits per heavy atom. The molecule has 0 N–H and O–H groups in total. The van der Waals surface area contributed by atoms with Crippen LogP contribution in [0.15, 0.2) is 24.3 Å². The molecule has 1 heterocycles. The van der Waals surface area contributed by atoms with Crippen LogP contribution in [-0.4, -0.2) is 22.8 Å². The Hall–Kier alpha value is -0.550. The Bertz CT molecular complexity index is 414. The number of nitrogens with zero attached hydrogens (tertiary/aromatic N) is 1. The fourth-order valence-electron chi connectivity index (χ4n) is 2.75. The number of hydrogen-bond donors (Lipinski definition) is 0. The van der Waals surface area contributed by atoms with Crippen molar-refractivity contribution in [2.24, 2.45) is 0 Å². The van der Waals surface area contributed by atoms with Crippen molar-refractivity contribution in [1.82, 2.24) is 4.90 Å². The molecule has 1 aliphatic rings. The number of hydrogen-bond acceptors (Lipinski definition) is 1. The van der Waals surface area contributed by atoms with Crippen LogP contribution in [0.1, 0.15) is 36.8 Å². The van der Waals surface area contributed by atoms with Gasteiger partial charge in [-0.3, -0.25) is 4.90 Å². The van der Waals surface area contributed by atoms with Crippen LogP contribution in [0.4, 0.5) is 13.2 Å². The zero-order chi connectivity index (χ0) is 14.6. The predicted molar refractivity (Wildman–Crippen MR) is 77.9 cm³/mol. The van der Waals surface area contributed by atoms with E-state index in [2.05, 4.69) is 20.8 Å². The molecule has 0 radical (unpaired) electrons. The van der Waals surface area contributed by atoms with E-state index in [9.17, 15) is 13.2 Å². The summed E-state index contributed by atoms with van der Waals surface area (Å²) in [7, 11) is 0. The Morgan fingerprint density at radius 1 is 1.15 bits per heavy atom. The Morgan fingerprint density at radius 2 is 1.85 bits per heavy atom. The molecular weight excluding hydrogens is 331 g/mol. The van der Waals surface area contributed by atoms with Gasteiger partial charge in [0.05, 0.1) is 5.56 Å². The normalized spacial score (nSPS) is 21.1. The summed E-state index contributed by atoms with van der Waals surface area (Å²) in [6, 6.07) is 6.11. The van der Waals surface area contributed by atoms with Gasteiger partial charge in [-0.2, -0.15) is 13.2 Å². The highest BCUT2D eigenvalue weighted by molar-refractivity contribution is 9.09. The molecule has 1 aliphatic heterocycles. The maximum atomic E-state index is 12.5. The van der Waals surface area contributed by atoms with Crippen molar-refractivity contribution >= 4 is 15.9 Å². The smallest absolute Gasteiger partial charge is 0.296 e. The molecule has 1 saturated heterocycles. The lowest BCUT2D eigenvalue weighted by Crippen LogP contribution is -2.39. The lowest BCUT2D eigenvalue weighted by atomic mass is 9.99. The highest BCUT2D eigenvalue weighted by Gasteiger charge is 2.30. The number of halogens is 4. The van der Waals surface area contributed by atoms with Gasteiger partial charge in [-0.1, -0.05) is 34.5 Å². The molecule has 1 aromatic rings. The van der Waals surface area contributed by atoms with Crippen LogP contribution in [0, 0.1) is 0 Å². The molecule has 1 unspecified atom stereocenters. The first-order chi connectivity index (χ1) is 9.50. The minimum Gasteiger partial charge on any atom is -0.296 e. The Labute approximate surface area is 126 Å². The number of piperidine rings is 1. The molecule has 0 aliphatic carbocycles. The number of rotatable bonds is 4. The fourth-order valence-corrected chi connectivity index (χ4v) is 3.28. The van der Waals surface area contributed by atoms with Crippen LogP contribution >= 0.6 is 15.9 Å². The van der Waals surface area contributed by atoms with Gasteiger partial charge in [-0.05, 0) is 43.5 Å². The van der Waals surface area contributed by atoms with Crippen LogP contribution < -0.4 is 0 Å². The highest BCUT2D eigenvalue weighted by Crippen LogP contribution is 2.29. The van der Waals surface area contributed by atoms with Crippen molar-refractivity contribution in [1.29, 1.82) is 0 Å². The topological polar surface area (TPSA) is 3.24 Å². The second kappa shape index (κ2) is 6.94. The van der Waals surface area contributed by atoms with Gasteiger partial charge < -0.3 is 0 Å². The SMILES string of the molecule is FC(F)(F)c1ccc(CN2CCCCC2CCBr)cc1. The van der Waals surface area contributed by atoms with E-state index in [-0.39, 0.29) is 0 Å². The van der Waals surface area contributed by atoms with Crippen molar-refractivity contribution < 1.29 is 13.2 Å². The zero-order valence-corrected chi connectivity index (χ0v) is 12.9. The average molecular weight is 350 g/mol. The molecule has 0 spiro atoms. The van der Waals surface area contributed by atoms with Crippen LogP contribution in [0.3, 0.4) is 0 Å². The summed E-state index contributed by atoms with van der Waals surface area (Å²) >= 11 is 3.48. The summed E-state index contributed by atoms with van der Waals surface area (Å²) in [4.78, 5) is 2.40. The van der Waals surface area contributed by atoms with Crippen LogP contribution in [0.2, 0.25) is 0 Å². The van der Waals surface area contributed by atoms with Gasteiger partial charge in [0.15, 0.2) is 0 Å². The monoisotopic (exact) mass is 349 g/mol. The number of alkyl halides is 4. The standard InChI is InChI=1S/C15H19BrF3N/c16-9-8-14-3-1-2-10-20(14)11-12-4-6-13(7-5-12)15(17,18)19/h4-7,14H,1-3,8-11H2. The Balaban J connectivity index is 2.01. The van der Waals surface area contributed by atoms with Crippen molar-refractivity contribution in [3.63, 3.8) is 0 Å². The third-order valence-corrected chi connectivity index (χ3v) is 4.32. The lowest BCUT2D eigenvalue weighted by molar-refractivity contribution is -0.137. The first-order valence-electron chi connectivity index (χ1n) is 6.97. The van der Waals surface area contributed by atoms with Gasteiger partial charge in [-0.15, -0.1) is 0 Å². The third kappa shape index (κ3) is 4.22. The first kappa shape index (κ1) is 15.8. The third-order valence-electron chi connectivity index (χ3n) is 3.86. The van der Waals surface area contributed by atoms with E-state index < -0.39 is 11.7 Å². The van der Waals surface area contributed by atoms with Gasteiger partial charge in [0.25, 0.3) is 0 Å².